The van der Waals surface area contributed by atoms with Crippen molar-refractivity contribution in [1.82, 2.24) is 10.2 Å². The molecule has 1 aliphatic heterocycles. The molecule has 0 radical (unpaired) electrons. The Morgan fingerprint density at radius 2 is 2.24 bits per heavy atom. The molecule has 1 saturated heterocycles. The van der Waals surface area contributed by atoms with E-state index in [2.05, 4.69) is 10.3 Å². The van der Waals surface area contributed by atoms with Gasteiger partial charge in [-0.2, -0.15) is 5.26 Å². The Bertz CT molecular complexity index is 334. The summed E-state index contributed by atoms with van der Waals surface area (Å²) >= 11 is 1.31. The molecular formula is C10H16N4O2S. The second kappa shape index (κ2) is 7.14. The van der Waals surface area contributed by atoms with Gasteiger partial charge in [0.25, 0.3) is 0 Å². The van der Waals surface area contributed by atoms with Crippen LogP contribution < -0.4 is 5.32 Å². The molecular weight excluding hydrogens is 240 g/mol. The number of ether oxygens (including phenoxy) is 1. The first-order chi connectivity index (χ1) is 8.19. The quantitative estimate of drug-likeness (QED) is 0.326. The lowest BCUT2D eigenvalue weighted by Crippen LogP contribution is -2.44. The van der Waals surface area contributed by atoms with Gasteiger partial charge in [0, 0.05) is 13.1 Å². The molecule has 1 heterocycles. The van der Waals surface area contributed by atoms with Gasteiger partial charge in [-0.1, -0.05) is 11.8 Å². The van der Waals surface area contributed by atoms with Crippen molar-refractivity contribution in [2.45, 2.75) is 13.0 Å². The summed E-state index contributed by atoms with van der Waals surface area (Å²) in [5.74, 6) is -0.0282. The molecule has 1 amide bonds. The number of amidine groups is 1. The van der Waals surface area contributed by atoms with Gasteiger partial charge in [0.1, 0.15) is 6.04 Å². The second-order valence-corrected chi connectivity index (χ2v) is 4.28. The van der Waals surface area contributed by atoms with Crippen molar-refractivity contribution in [3.8, 4) is 6.19 Å². The minimum atomic E-state index is -0.476. The largest absolute Gasteiger partial charge is 0.378 e. The lowest BCUT2D eigenvalue weighted by molar-refractivity contribution is -0.136. The van der Waals surface area contributed by atoms with Crippen LogP contribution in [0.1, 0.15) is 6.92 Å². The summed E-state index contributed by atoms with van der Waals surface area (Å²) in [5.41, 5.74) is 0. The van der Waals surface area contributed by atoms with Crippen LogP contribution in [-0.4, -0.2) is 54.6 Å². The van der Waals surface area contributed by atoms with Crippen molar-refractivity contribution in [3.05, 3.63) is 0 Å². The summed E-state index contributed by atoms with van der Waals surface area (Å²) in [6.45, 7) is 4.10. The van der Waals surface area contributed by atoms with Crippen LogP contribution in [0.2, 0.25) is 0 Å². The minimum Gasteiger partial charge on any atom is -0.378 e. The molecule has 7 heteroatoms. The Morgan fingerprint density at radius 1 is 1.59 bits per heavy atom. The summed E-state index contributed by atoms with van der Waals surface area (Å²) in [6.07, 6.45) is 3.60. The van der Waals surface area contributed by atoms with E-state index in [9.17, 15) is 4.79 Å². The van der Waals surface area contributed by atoms with E-state index in [0.717, 1.165) is 0 Å². The van der Waals surface area contributed by atoms with Gasteiger partial charge in [-0.25, -0.2) is 4.99 Å². The van der Waals surface area contributed by atoms with Crippen LogP contribution in [0.15, 0.2) is 4.99 Å². The van der Waals surface area contributed by atoms with Crippen LogP contribution in [0, 0.1) is 11.5 Å². The van der Waals surface area contributed by atoms with Gasteiger partial charge in [0.05, 0.1) is 13.2 Å². The van der Waals surface area contributed by atoms with Crippen LogP contribution in [0.5, 0.6) is 0 Å². The van der Waals surface area contributed by atoms with Crippen LogP contribution in [0.4, 0.5) is 0 Å². The van der Waals surface area contributed by atoms with E-state index in [0.29, 0.717) is 31.5 Å². The maximum atomic E-state index is 12.0. The molecule has 1 atom stereocenters. The van der Waals surface area contributed by atoms with Crippen molar-refractivity contribution in [2.24, 2.45) is 4.99 Å². The van der Waals surface area contributed by atoms with Gasteiger partial charge >= 0.3 is 0 Å². The van der Waals surface area contributed by atoms with Crippen molar-refractivity contribution < 1.29 is 9.53 Å². The summed E-state index contributed by atoms with van der Waals surface area (Å²) in [5, 5.41) is 11.4. The number of hydrogen-bond acceptors (Lipinski definition) is 5. The molecule has 1 aliphatic rings. The average molecular weight is 256 g/mol. The number of rotatable bonds is 2. The van der Waals surface area contributed by atoms with Gasteiger partial charge in [0.2, 0.25) is 5.91 Å². The Hall–Kier alpha value is -1.26. The number of nitriles is 1. The van der Waals surface area contributed by atoms with E-state index in [1.165, 1.54) is 11.8 Å². The molecule has 0 aromatic carbocycles. The number of carbonyl (C=O) groups excluding carboxylic acids is 1. The smallest absolute Gasteiger partial charge is 0.247 e. The first-order valence-electron chi connectivity index (χ1n) is 5.32. The molecule has 1 rings (SSSR count). The molecule has 0 bridgehead atoms. The van der Waals surface area contributed by atoms with Gasteiger partial charge < -0.3 is 9.64 Å². The Labute approximate surface area is 105 Å². The fraction of sp³-hybridized carbons (Fsp3) is 0.700. The molecule has 6 nitrogen and oxygen atoms in total. The Morgan fingerprint density at radius 3 is 2.76 bits per heavy atom. The predicted octanol–water partition coefficient (Wildman–Crippen LogP) is 0.0234. The van der Waals surface area contributed by atoms with Crippen molar-refractivity contribution >= 4 is 22.8 Å². The molecule has 1 fully saturated rings. The number of nitrogens with zero attached hydrogens (tertiary/aromatic N) is 3. The highest BCUT2D eigenvalue weighted by molar-refractivity contribution is 8.13. The molecule has 0 spiro atoms. The fourth-order valence-corrected chi connectivity index (χ4v) is 1.87. The topological polar surface area (TPSA) is 77.7 Å². The van der Waals surface area contributed by atoms with Crippen LogP contribution >= 0.6 is 11.8 Å². The third kappa shape index (κ3) is 4.24. The van der Waals surface area contributed by atoms with E-state index in [-0.39, 0.29) is 5.91 Å². The number of aliphatic imine (C=N–C) groups is 1. The maximum absolute atomic E-state index is 12.0. The molecule has 0 aromatic rings. The van der Waals surface area contributed by atoms with Gasteiger partial charge in [-0.05, 0) is 13.2 Å². The zero-order chi connectivity index (χ0) is 12.7. The highest BCUT2D eigenvalue weighted by Gasteiger charge is 2.22. The summed E-state index contributed by atoms with van der Waals surface area (Å²) in [4.78, 5) is 17.9. The summed E-state index contributed by atoms with van der Waals surface area (Å²) in [6, 6.07) is -0.476. The molecule has 94 valence electrons. The van der Waals surface area contributed by atoms with E-state index in [4.69, 9.17) is 10.00 Å². The number of nitrogens with one attached hydrogen (secondary N) is 1. The average Bonchev–Trinajstić information content (AvgIpc) is 2.38. The second-order valence-electron chi connectivity index (χ2n) is 3.49. The first-order valence-corrected chi connectivity index (χ1v) is 6.55. The lowest BCUT2D eigenvalue weighted by Gasteiger charge is -2.28. The molecule has 1 N–H and O–H groups in total. The fourth-order valence-electron chi connectivity index (χ4n) is 1.46. The van der Waals surface area contributed by atoms with Gasteiger partial charge in [0.15, 0.2) is 11.4 Å². The van der Waals surface area contributed by atoms with Crippen LogP contribution in [-0.2, 0) is 9.53 Å². The first kappa shape index (κ1) is 13.8. The minimum absolute atomic E-state index is 0.0282. The third-order valence-corrected chi connectivity index (χ3v) is 2.94. The highest BCUT2D eigenvalue weighted by Crippen LogP contribution is 2.05. The van der Waals surface area contributed by atoms with E-state index < -0.39 is 6.04 Å². The number of morpholine rings is 1. The van der Waals surface area contributed by atoms with E-state index in [1.54, 1.807) is 24.3 Å². The maximum Gasteiger partial charge on any atom is 0.247 e. The Kier molecular flexibility index (Phi) is 5.80. The molecule has 17 heavy (non-hydrogen) atoms. The normalized spacial score (nSPS) is 18.4. The highest BCUT2D eigenvalue weighted by atomic mass is 32.2. The number of hydrogen-bond donors (Lipinski definition) is 1. The zero-order valence-electron chi connectivity index (χ0n) is 9.97. The lowest BCUT2D eigenvalue weighted by atomic mass is 10.3. The zero-order valence-corrected chi connectivity index (χ0v) is 10.8. The monoisotopic (exact) mass is 256 g/mol. The van der Waals surface area contributed by atoms with Gasteiger partial charge in [-0.3, -0.25) is 10.1 Å². The molecule has 0 aliphatic carbocycles. The van der Waals surface area contributed by atoms with E-state index in [1.807, 2.05) is 0 Å². The molecule has 0 aromatic heterocycles. The van der Waals surface area contributed by atoms with E-state index >= 15 is 0 Å². The van der Waals surface area contributed by atoms with Crippen LogP contribution in [0.3, 0.4) is 0 Å². The third-order valence-electron chi connectivity index (χ3n) is 2.35. The van der Waals surface area contributed by atoms with Crippen molar-refractivity contribution in [1.29, 1.82) is 5.26 Å². The summed E-state index contributed by atoms with van der Waals surface area (Å²) < 4.78 is 5.18. The summed E-state index contributed by atoms with van der Waals surface area (Å²) in [7, 11) is 0. The van der Waals surface area contributed by atoms with Crippen molar-refractivity contribution in [2.75, 3.05) is 32.6 Å². The number of carbonyl (C=O) groups is 1. The van der Waals surface area contributed by atoms with Crippen LogP contribution in [0.25, 0.3) is 0 Å². The van der Waals surface area contributed by atoms with Gasteiger partial charge in [-0.15, -0.1) is 0 Å². The number of thioether (sulfide) groups is 1. The Balaban J connectivity index is 2.58. The van der Waals surface area contributed by atoms with Crippen molar-refractivity contribution in [3.63, 3.8) is 0 Å². The SMILES string of the molecule is CSC(=NC(C)C(=O)N1CCOCC1)NC#N. The standard InChI is InChI=1S/C10H16N4O2S/c1-8(13-10(17-2)12-7-11)9(15)14-3-5-16-6-4-14/h8H,3-6H2,1-2H3,(H,12,13). The number of amides is 1. The molecule has 0 saturated carbocycles. The molecule has 1 unspecified atom stereocenters. The predicted molar refractivity (Wildman–Crippen MR) is 66.6 cm³/mol.